The molecule has 38 heavy (non-hydrogen) atoms. The molecule has 3 fully saturated rings. The van der Waals surface area contributed by atoms with Crippen molar-refractivity contribution in [2.45, 2.75) is 88.8 Å². The van der Waals surface area contributed by atoms with Crippen LogP contribution in [-0.4, -0.2) is 54.0 Å². The maximum absolute atomic E-state index is 14.8. The zero-order valence-corrected chi connectivity index (χ0v) is 24.8. The van der Waals surface area contributed by atoms with Crippen LogP contribution in [0.5, 0.6) is 0 Å². The van der Waals surface area contributed by atoms with Gasteiger partial charge in [-0.05, 0) is 80.2 Å². The third kappa shape index (κ3) is 4.88. The van der Waals surface area contributed by atoms with E-state index in [1.54, 1.807) is 0 Å². The first kappa shape index (κ1) is 26.5. The van der Waals surface area contributed by atoms with Gasteiger partial charge in [0.2, 0.25) is 5.91 Å². The smallest absolute Gasteiger partial charge is 0.228 e. The molecule has 204 valence electrons. The second kappa shape index (κ2) is 11.1. The monoisotopic (exact) mass is 577 g/mol. The number of rotatable bonds is 4. The molecule has 4 nitrogen and oxygen atoms in total. The first-order valence-corrected chi connectivity index (χ1v) is 15.8. The molecule has 1 aliphatic carbocycles. The highest BCUT2D eigenvalue weighted by Crippen LogP contribution is 2.46. The number of fused-ring (bicyclic) bond motifs is 2. The Morgan fingerprint density at radius 2 is 1.84 bits per heavy atom. The summed E-state index contributed by atoms with van der Waals surface area (Å²) in [6, 6.07) is 18.7. The Hall–Kier alpha value is -1.69. The molecule has 5 heteroatoms. The van der Waals surface area contributed by atoms with Crippen molar-refractivity contribution >= 4 is 21.8 Å². The standard InChI is InChI=1S/C33H44BrN3O/c1-23(2)36-20-27-17-28(34)13-14-29(27)33(22-36)21-35-19-30(33)32(38)37-16-15-26(24-9-5-3-6-10-24)18-31(37)25-11-7-4-8-12-25/h3,5-6,9-10,13-14,17,23,25-26,30-31,35H,4,7-8,11-12,15-16,18-22H2,1-2H3/t26-,30+,31+,33-/m1/s1. The Kier molecular flexibility index (Phi) is 7.72. The molecule has 4 atom stereocenters. The zero-order chi connectivity index (χ0) is 26.3. The fourth-order valence-electron chi connectivity index (χ4n) is 8.26. The summed E-state index contributed by atoms with van der Waals surface area (Å²) in [4.78, 5) is 19.8. The van der Waals surface area contributed by atoms with Crippen molar-refractivity contribution in [2.24, 2.45) is 11.8 Å². The van der Waals surface area contributed by atoms with Crippen molar-refractivity contribution in [3.63, 3.8) is 0 Å². The van der Waals surface area contributed by atoms with Crippen LogP contribution in [-0.2, 0) is 16.8 Å². The second-order valence-corrected chi connectivity index (χ2v) is 13.7. The highest BCUT2D eigenvalue weighted by molar-refractivity contribution is 9.10. The molecule has 4 aliphatic rings. The van der Waals surface area contributed by atoms with Gasteiger partial charge in [-0.25, -0.2) is 0 Å². The van der Waals surface area contributed by atoms with Gasteiger partial charge in [-0.15, -0.1) is 0 Å². The van der Waals surface area contributed by atoms with Crippen LogP contribution in [0.15, 0.2) is 53.0 Å². The molecule has 1 N–H and O–H groups in total. The van der Waals surface area contributed by atoms with Gasteiger partial charge in [0.1, 0.15) is 0 Å². The number of halogens is 1. The van der Waals surface area contributed by atoms with Gasteiger partial charge >= 0.3 is 0 Å². The lowest BCUT2D eigenvalue weighted by atomic mass is 9.67. The first-order chi connectivity index (χ1) is 18.5. The number of hydrogen-bond donors (Lipinski definition) is 1. The molecule has 2 aromatic carbocycles. The average molecular weight is 579 g/mol. The van der Waals surface area contributed by atoms with E-state index in [4.69, 9.17) is 0 Å². The van der Waals surface area contributed by atoms with Gasteiger partial charge in [0.05, 0.1) is 5.92 Å². The number of benzene rings is 2. The predicted molar refractivity (Wildman–Crippen MR) is 158 cm³/mol. The summed E-state index contributed by atoms with van der Waals surface area (Å²) < 4.78 is 1.13. The first-order valence-electron chi connectivity index (χ1n) is 15.1. The Balaban J connectivity index is 1.33. The van der Waals surface area contributed by atoms with Gasteiger partial charge in [0.25, 0.3) is 0 Å². The van der Waals surface area contributed by atoms with Gasteiger partial charge in [-0.3, -0.25) is 9.69 Å². The molecule has 0 unspecified atom stereocenters. The highest BCUT2D eigenvalue weighted by atomic mass is 79.9. The van der Waals surface area contributed by atoms with Crippen LogP contribution in [0.2, 0.25) is 0 Å². The molecule has 3 aliphatic heterocycles. The van der Waals surface area contributed by atoms with Crippen molar-refractivity contribution in [2.75, 3.05) is 26.2 Å². The summed E-state index contributed by atoms with van der Waals surface area (Å²) >= 11 is 3.72. The third-order valence-electron chi connectivity index (χ3n) is 10.3. The van der Waals surface area contributed by atoms with E-state index < -0.39 is 0 Å². The lowest BCUT2D eigenvalue weighted by molar-refractivity contribution is -0.143. The van der Waals surface area contributed by atoms with E-state index in [9.17, 15) is 4.79 Å². The number of carbonyl (C=O) groups excluding carboxylic acids is 1. The summed E-state index contributed by atoms with van der Waals surface area (Å²) in [5, 5.41) is 3.71. The van der Waals surface area contributed by atoms with Gasteiger partial charge in [0, 0.05) is 54.7 Å². The number of piperidine rings is 1. The zero-order valence-electron chi connectivity index (χ0n) is 23.2. The fourth-order valence-corrected chi connectivity index (χ4v) is 8.67. The van der Waals surface area contributed by atoms with Gasteiger partial charge in [0.15, 0.2) is 0 Å². The minimum absolute atomic E-state index is 0.0108. The average Bonchev–Trinajstić information content (AvgIpc) is 3.36. The van der Waals surface area contributed by atoms with Crippen LogP contribution >= 0.6 is 15.9 Å². The molecule has 1 saturated carbocycles. The van der Waals surface area contributed by atoms with Crippen molar-refractivity contribution in [1.82, 2.24) is 15.1 Å². The topological polar surface area (TPSA) is 35.6 Å². The van der Waals surface area contributed by atoms with E-state index in [1.165, 1.54) is 48.8 Å². The minimum Gasteiger partial charge on any atom is -0.339 e. The minimum atomic E-state index is -0.164. The van der Waals surface area contributed by atoms with E-state index in [2.05, 4.69) is 93.4 Å². The SMILES string of the molecule is CC(C)N1Cc2cc(Br)ccc2[C@@]2(CNC[C@H]2C(=O)N2CC[C@@H](c3ccccc3)C[C@H]2C2CCCCC2)C1. The molecule has 0 aromatic heterocycles. The number of nitrogens with zero attached hydrogens (tertiary/aromatic N) is 2. The van der Waals surface area contributed by atoms with E-state index in [0.29, 0.717) is 29.8 Å². The van der Waals surface area contributed by atoms with Crippen LogP contribution in [0.25, 0.3) is 0 Å². The van der Waals surface area contributed by atoms with E-state index in [-0.39, 0.29) is 11.3 Å². The maximum atomic E-state index is 14.8. The molecule has 2 saturated heterocycles. The Bertz CT molecular complexity index is 1130. The van der Waals surface area contributed by atoms with Crippen LogP contribution in [0.1, 0.15) is 81.4 Å². The Labute approximate surface area is 237 Å². The van der Waals surface area contributed by atoms with Gasteiger partial charge in [-0.2, -0.15) is 0 Å². The molecule has 0 bridgehead atoms. The van der Waals surface area contributed by atoms with Gasteiger partial charge < -0.3 is 10.2 Å². The van der Waals surface area contributed by atoms with E-state index in [0.717, 1.165) is 50.0 Å². The number of hydrogen-bond acceptors (Lipinski definition) is 3. The van der Waals surface area contributed by atoms with E-state index >= 15 is 0 Å². The number of nitrogens with one attached hydrogen (secondary N) is 1. The summed E-state index contributed by atoms with van der Waals surface area (Å²) in [6.45, 7) is 9.07. The summed E-state index contributed by atoms with van der Waals surface area (Å²) in [7, 11) is 0. The third-order valence-corrected chi connectivity index (χ3v) is 10.8. The Morgan fingerprint density at radius 3 is 2.61 bits per heavy atom. The maximum Gasteiger partial charge on any atom is 0.228 e. The Morgan fingerprint density at radius 1 is 1.05 bits per heavy atom. The molecule has 1 amide bonds. The quantitative estimate of drug-likeness (QED) is 0.451. The molecule has 6 rings (SSSR count). The van der Waals surface area contributed by atoms with Crippen LogP contribution < -0.4 is 5.32 Å². The van der Waals surface area contributed by atoms with Gasteiger partial charge in [-0.1, -0.05) is 71.6 Å². The molecule has 2 aromatic rings. The van der Waals surface area contributed by atoms with Crippen molar-refractivity contribution in [3.8, 4) is 0 Å². The van der Waals surface area contributed by atoms with Crippen LogP contribution in [0, 0.1) is 11.8 Å². The lowest BCUT2D eigenvalue weighted by Crippen LogP contribution is -2.58. The number of amides is 1. The molecule has 1 spiro atoms. The van der Waals surface area contributed by atoms with Crippen LogP contribution in [0.4, 0.5) is 0 Å². The number of carbonyl (C=O) groups is 1. The van der Waals surface area contributed by atoms with E-state index in [1.807, 2.05) is 0 Å². The largest absolute Gasteiger partial charge is 0.339 e. The van der Waals surface area contributed by atoms with Crippen molar-refractivity contribution < 1.29 is 4.79 Å². The molecular weight excluding hydrogens is 534 g/mol. The molecule has 3 heterocycles. The summed E-state index contributed by atoms with van der Waals surface area (Å²) in [6.07, 6.45) is 8.75. The summed E-state index contributed by atoms with van der Waals surface area (Å²) in [5.74, 6) is 1.61. The van der Waals surface area contributed by atoms with Crippen LogP contribution in [0.3, 0.4) is 0 Å². The highest BCUT2D eigenvalue weighted by Gasteiger charge is 2.54. The van der Waals surface area contributed by atoms with Crippen molar-refractivity contribution in [3.05, 3.63) is 69.7 Å². The molecule has 0 radical (unpaired) electrons. The normalized spacial score (nSPS) is 30.6. The second-order valence-electron chi connectivity index (χ2n) is 12.8. The predicted octanol–water partition coefficient (Wildman–Crippen LogP) is 6.49. The number of likely N-dealkylation sites (tertiary alicyclic amines) is 1. The van der Waals surface area contributed by atoms with Crippen molar-refractivity contribution in [1.29, 1.82) is 0 Å². The lowest BCUT2D eigenvalue weighted by Gasteiger charge is -2.50. The molecular formula is C33H44BrN3O. The summed E-state index contributed by atoms with van der Waals surface area (Å²) in [5.41, 5.74) is 4.07. The fraction of sp³-hybridized carbons (Fsp3) is 0.606.